The Morgan fingerprint density at radius 3 is 2.62 bits per heavy atom. The Kier molecular flexibility index (Phi) is 4.67. The van der Waals surface area contributed by atoms with Crippen molar-refractivity contribution in [2.75, 3.05) is 0 Å². The molecule has 0 bridgehead atoms. The van der Waals surface area contributed by atoms with Gasteiger partial charge in [0.2, 0.25) is 5.89 Å². The molecule has 0 spiro atoms. The number of benzene rings is 1. The van der Waals surface area contributed by atoms with Crippen LogP contribution in [-0.4, -0.2) is 21.1 Å². The predicted octanol–water partition coefficient (Wildman–Crippen LogP) is 3.83. The maximum Gasteiger partial charge on any atom is 0.348 e. The first-order valence-electron chi connectivity index (χ1n) is 6.52. The van der Waals surface area contributed by atoms with Crippen molar-refractivity contribution in [3.8, 4) is 11.5 Å². The molecule has 0 amide bonds. The van der Waals surface area contributed by atoms with Crippen molar-refractivity contribution in [2.45, 2.75) is 6.61 Å². The van der Waals surface area contributed by atoms with Gasteiger partial charge in [0.05, 0.1) is 8.71 Å². The number of carbonyl (C=O) groups excluding carboxylic acids is 1. The van der Waals surface area contributed by atoms with Gasteiger partial charge in [0.15, 0.2) is 6.61 Å². The van der Waals surface area contributed by atoms with Crippen LogP contribution in [0.2, 0.25) is 0 Å². The zero-order valence-electron chi connectivity index (χ0n) is 11.8. The third-order valence-corrected chi connectivity index (χ3v) is 4.50. The molecule has 0 N–H and O–H groups in total. The Hall–Kier alpha value is -2.59. The largest absolute Gasteiger partial charge is 0.451 e. The molecule has 24 heavy (non-hydrogen) atoms. The highest BCUT2D eigenvalue weighted by molar-refractivity contribution is 9.11. The van der Waals surface area contributed by atoms with E-state index in [-0.39, 0.29) is 24.1 Å². The van der Waals surface area contributed by atoms with Gasteiger partial charge in [0.1, 0.15) is 4.88 Å². The minimum absolute atomic E-state index is 0.0328. The summed E-state index contributed by atoms with van der Waals surface area (Å²) in [6.45, 7) is -0.158. The van der Waals surface area contributed by atoms with Crippen LogP contribution in [0.15, 0.2) is 44.6 Å². The standard InChI is InChI=1S/C14H8BrN3O5S/c15-11-6-5-10(24-11)14(19)22-7-12-16-17-13(23-12)8-1-3-9(4-2-8)18(20)21/h1-6H,7H2. The number of esters is 1. The molecule has 3 rings (SSSR count). The fourth-order valence-electron chi connectivity index (χ4n) is 1.78. The van der Waals surface area contributed by atoms with Crippen molar-refractivity contribution < 1.29 is 18.9 Å². The smallest absolute Gasteiger partial charge is 0.348 e. The van der Waals surface area contributed by atoms with Crippen LogP contribution < -0.4 is 0 Å². The number of nitro groups is 1. The number of nitro benzene ring substituents is 1. The number of nitrogens with zero attached hydrogens (tertiary/aromatic N) is 3. The van der Waals surface area contributed by atoms with Gasteiger partial charge in [-0.2, -0.15) is 0 Å². The molecule has 0 aliphatic carbocycles. The highest BCUT2D eigenvalue weighted by Crippen LogP contribution is 2.24. The zero-order valence-corrected chi connectivity index (χ0v) is 14.2. The first kappa shape index (κ1) is 16.3. The number of carbonyl (C=O) groups is 1. The number of hydrogen-bond donors (Lipinski definition) is 0. The normalized spacial score (nSPS) is 10.5. The summed E-state index contributed by atoms with van der Waals surface area (Å²) in [5.41, 5.74) is 0.502. The number of rotatable bonds is 5. The lowest BCUT2D eigenvalue weighted by atomic mass is 10.2. The van der Waals surface area contributed by atoms with Gasteiger partial charge in [-0.25, -0.2) is 4.79 Å². The van der Waals surface area contributed by atoms with Gasteiger partial charge in [-0.05, 0) is 40.2 Å². The predicted molar refractivity (Wildman–Crippen MR) is 87.5 cm³/mol. The Bertz CT molecular complexity index is 890. The lowest BCUT2D eigenvalue weighted by molar-refractivity contribution is -0.384. The van der Waals surface area contributed by atoms with E-state index in [9.17, 15) is 14.9 Å². The molecule has 0 saturated heterocycles. The summed E-state index contributed by atoms with van der Waals surface area (Å²) in [7, 11) is 0. The van der Waals surface area contributed by atoms with E-state index in [1.807, 2.05) is 0 Å². The van der Waals surface area contributed by atoms with E-state index in [0.717, 1.165) is 3.79 Å². The van der Waals surface area contributed by atoms with E-state index >= 15 is 0 Å². The van der Waals surface area contributed by atoms with E-state index in [0.29, 0.717) is 10.4 Å². The molecule has 8 nitrogen and oxygen atoms in total. The molecule has 1 aromatic carbocycles. The van der Waals surface area contributed by atoms with Crippen LogP contribution in [0.25, 0.3) is 11.5 Å². The van der Waals surface area contributed by atoms with Crippen molar-refractivity contribution in [1.82, 2.24) is 10.2 Å². The van der Waals surface area contributed by atoms with E-state index in [4.69, 9.17) is 9.15 Å². The van der Waals surface area contributed by atoms with Crippen LogP contribution in [0.5, 0.6) is 0 Å². The SMILES string of the molecule is O=C(OCc1nnc(-c2ccc([N+](=O)[O-])cc2)o1)c1ccc(Br)s1. The molecular formula is C14H8BrN3O5S. The molecule has 0 saturated carbocycles. The van der Waals surface area contributed by atoms with Crippen LogP contribution in [-0.2, 0) is 11.3 Å². The van der Waals surface area contributed by atoms with Crippen LogP contribution in [0.3, 0.4) is 0 Å². The highest BCUT2D eigenvalue weighted by Gasteiger charge is 2.14. The molecule has 0 aliphatic rings. The molecule has 0 aliphatic heterocycles. The Balaban J connectivity index is 1.65. The second kappa shape index (κ2) is 6.89. The van der Waals surface area contributed by atoms with E-state index in [1.165, 1.54) is 35.6 Å². The number of thiophene rings is 1. The first-order valence-corrected chi connectivity index (χ1v) is 8.13. The maximum absolute atomic E-state index is 11.8. The summed E-state index contributed by atoms with van der Waals surface area (Å²) in [5.74, 6) is -0.164. The van der Waals surface area contributed by atoms with Crippen LogP contribution in [0, 0.1) is 10.1 Å². The first-order chi connectivity index (χ1) is 11.5. The van der Waals surface area contributed by atoms with E-state index in [2.05, 4.69) is 26.1 Å². The van der Waals surface area contributed by atoms with Gasteiger partial charge in [0.25, 0.3) is 11.6 Å². The van der Waals surface area contributed by atoms with Crippen LogP contribution >= 0.6 is 27.3 Å². The summed E-state index contributed by atoms with van der Waals surface area (Å²) in [4.78, 5) is 22.4. The lowest BCUT2D eigenvalue weighted by Crippen LogP contribution is -2.03. The van der Waals surface area contributed by atoms with Crippen molar-refractivity contribution in [3.05, 3.63) is 61.1 Å². The zero-order chi connectivity index (χ0) is 17.1. The monoisotopic (exact) mass is 409 g/mol. The van der Waals surface area contributed by atoms with Crippen molar-refractivity contribution in [3.63, 3.8) is 0 Å². The Morgan fingerprint density at radius 2 is 2.00 bits per heavy atom. The fourth-order valence-corrected chi connectivity index (χ4v) is 3.06. The fraction of sp³-hybridized carbons (Fsp3) is 0.0714. The maximum atomic E-state index is 11.8. The topological polar surface area (TPSA) is 108 Å². The van der Waals surface area contributed by atoms with Crippen molar-refractivity contribution >= 4 is 38.9 Å². The van der Waals surface area contributed by atoms with Crippen molar-refractivity contribution in [1.29, 1.82) is 0 Å². The molecule has 0 radical (unpaired) electrons. The highest BCUT2D eigenvalue weighted by atomic mass is 79.9. The molecule has 0 fully saturated rings. The van der Waals surface area contributed by atoms with Gasteiger partial charge >= 0.3 is 5.97 Å². The third kappa shape index (κ3) is 3.66. The quantitative estimate of drug-likeness (QED) is 0.357. The molecule has 0 unspecified atom stereocenters. The average Bonchev–Trinajstić information content (AvgIpc) is 3.22. The minimum Gasteiger partial charge on any atom is -0.451 e. The second-order valence-corrected chi connectivity index (χ2v) is 6.95. The van der Waals surface area contributed by atoms with Gasteiger partial charge in [-0.1, -0.05) is 0 Å². The summed E-state index contributed by atoms with van der Waals surface area (Å²) in [6.07, 6.45) is 0. The van der Waals surface area contributed by atoms with Gasteiger partial charge < -0.3 is 9.15 Å². The molecule has 2 heterocycles. The number of aromatic nitrogens is 2. The summed E-state index contributed by atoms with van der Waals surface area (Å²) >= 11 is 4.52. The second-order valence-electron chi connectivity index (χ2n) is 4.48. The number of non-ortho nitro benzene ring substituents is 1. The molecule has 3 aromatic rings. The third-order valence-electron chi connectivity index (χ3n) is 2.89. The van der Waals surface area contributed by atoms with Gasteiger partial charge in [-0.15, -0.1) is 21.5 Å². The molecule has 2 aromatic heterocycles. The average molecular weight is 410 g/mol. The molecule has 122 valence electrons. The Morgan fingerprint density at radius 1 is 1.25 bits per heavy atom. The van der Waals surface area contributed by atoms with Crippen LogP contribution in [0.1, 0.15) is 15.6 Å². The Labute approximate surface area is 147 Å². The number of halogens is 1. The molecule has 0 atom stereocenters. The summed E-state index contributed by atoms with van der Waals surface area (Å²) < 4.78 is 11.3. The van der Waals surface area contributed by atoms with Crippen molar-refractivity contribution in [2.24, 2.45) is 0 Å². The van der Waals surface area contributed by atoms with E-state index in [1.54, 1.807) is 12.1 Å². The summed E-state index contributed by atoms with van der Waals surface area (Å²) in [6, 6.07) is 9.09. The summed E-state index contributed by atoms with van der Waals surface area (Å²) in [5, 5.41) is 18.2. The minimum atomic E-state index is -0.495. The molecular weight excluding hydrogens is 402 g/mol. The number of ether oxygens (including phenoxy) is 1. The van der Waals surface area contributed by atoms with Gasteiger partial charge in [-0.3, -0.25) is 10.1 Å². The molecule has 10 heteroatoms. The van der Waals surface area contributed by atoms with E-state index < -0.39 is 10.9 Å². The van der Waals surface area contributed by atoms with Gasteiger partial charge in [0, 0.05) is 17.7 Å². The lowest BCUT2D eigenvalue weighted by Gasteiger charge is -1.98. The van der Waals surface area contributed by atoms with Crippen LogP contribution in [0.4, 0.5) is 5.69 Å². The number of hydrogen-bond acceptors (Lipinski definition) is 8.